The predicted molar refractivity (Wildman–Crippen MR) is 82.3 cm³/mol. The lowest BCUT2D eigenvalue weighted by Crippen LogP contribution is -2.02. The molecule has 2 N–H and O–H groups in total. The molecule has 0 atom stereocenters. The molecule has 0 radical (unpaired) electrons. The third-order valence-corrected chi connectivity index (χ3v) is 2.97. The summed E-state index contributed by atoms with van der Waals surface area (Å²) < 4.78 is 11.5. The first-order valence-corrected chi connectivity index (χ1v) is 6.81. The molecule has 106 valence electrons. The Hall–Kier alpha value is -2.16. The second-order valence-corrected chi connectivity index (χ2v) is 4.91. The number of anilines is 1. The molecule has 3 nitrogen and oxygen atoms in total. The van der Waals surface area contributed by atoms with Crippen molar-refractivity contribution in [1.82, 2.24) is 0 Å². The van der Waals surface area contributed by atoms with Gasteiger partial charge in [-0.1, -0.05) is 6.07 Å². The SMILES string of the molecule is CCOc1ccc(N)cc1COc1cc(C)cc(C)c1. The molecule has 0 aliphatic carbocycles. The summed E-state index contributed by atoms with van der Waals surface area (Å²) in [5, 5.41) is 0. The lowest BCUT2D eigenvalue weighted by atomic mass is 10.1. The Labute approximate surface area is 120 Å². The van der Waals surface area contributed by atoms with Crippen LogP contribution in [0.25, 0.3) is 0 Å². The van der Waals surface area contributed by atoms with Gasteiger partial charge in [-0.3, -0.25) is 0 Å². The van der Waals surface area contributed by atoms with Crippen LogP contribution in [0.5, 0.6) is 11.5 Å². The smallest absolute Gasteiger partial charge is 0.126 e. The molecule has 0 spiro atoms. The molecule has 2 aromatic carbocycles. The van der Waals surface area contributed by atoms with Crippen molar-refractivity contribution in [3.63, 3.8) is 0 Å². The van der Waals surface area contributed by atoms with Crippen molar-refractivity contribution < 1.29 is 9.47 Å². The summed E-state index contributed by atoms with van der Waals surface area (Å²) in [5.74, 6) is 1.69. The first-order chi connectivity index (χ1) is 9.58. The van der Waals surface area contributed by atoms with Gasteiger partial charge in [0.2, 0.25) is 0 Å². The summed E-state index contributed by atoms with van der Waals surface area (Å²) in [5.41, 5.74) is 9.89. The van der Waals surface area contributed by atoms with Gasteiger partial charge in [0.15, 0.2) is 0 Å². The highest BCUT2D eigenvalue weighted by atomic mass is 16.5. The van der Waals surface area contributed by atoms with E-state index in [9.17, 15) is 0 Å². The van der Waals surface area contributed by atoms with Crippen molar-refractivity contribution in [3.8, 4) is 11.5 Å². The molecule has 0 bridgehead atoms. The van der Waals surface area contributed by atoms with E-state index in [1.807, 2.05) is 37.3 Å². The summed E-state index contributed by atoms with van der Waals surface area (Å²) in [6, 6.07) is 11.8. The van der Waals surface area contributed by atoms with E-state index in [4.69, 9.17) is 15.2 Å². The number of rotatable bonds is 5. The maximum Gasteiger partial charge on any atom is 0.126 e. The van der Waals surface area contributed by atoms with Gasteiger partial charge in [0.1, 0.15) is 18.1 Å². The van der Waals surface area contributed by atoms with Crippen molar-refractivity contribution >= 4 is 5.69 Å². The Morgan fingerprint density at radius 3 is 2.30 bits per heavy atom. The van der Waals surface area contributed by atoms with Crippen LogP contribution in [-0.2, 0) is 6.61 Å². The fraction of sp³-hybridized carbons (Fsp3) is 0.294. The van der Waals surface area contributed by atoms with E-state index >= 15 is 0 Å². The number of aryl methyl sites for hydroxylation is 2. The zero-order chi connectivity index (χ0) is 14.5. The third-order valence-electron chi connectivity index (χ3n) is 2.97. The second-order valence-electron chi connectivity index (χ2n) is 4.91. The van der Waals surface area contributed by atoms with Gasteiger partial charge in [-0.15, -0.1) is 0 Å². The molecule has 0 saturated heterocycles. The quantitative estimate of drug-likeness (QED) is 0.840. The maximum absolute atomic E-state index is 5.86. The molecule has 0 unspecified atom stereocenters. The summed E-state index contributed by atoms with van der Waals surface area (Å²) >= 11 is 0. The van der Waals surface area contributed by atoms with Gasteiger partial charge >= 0.3 is 0 Å². The fourth-order valence-electron chi connectivity index (χ4n) is 2.19. The molecular formula is C17H21NO2. The third kappa shape index (κ3) is 3.67. The number of hydrogen-bond acceptors (Lipinski definition) is 3. The van der Waals surface area contributed by atoms with Gasteiger partial charge in [-0.25, -0.2) is 0 Å². The number of benzene rings is 2. The molecule has 0 amide bonds. The molecule has 20 heavy (non-hydrogen) atoms. The number of hydrogen-bond donors (Lipinski definition) is 1. The second kappa shape index (κ2) is 6.33. The average molecular weight is 271 g/mol. The van der Waals surface area contributed by atoms with E-state index in [1.165, 1.54) is 11.1 Å². The van der Waals surface area contributed by atoms with Crippen molar-refractivity contribution in [2.75, 3.05) is 12.3 Å². The highest BCUT2D eigenvalue weighted by Gasteiger charge is 2.06. The molecule has 0 heterocycles. The van der Waals surface area contributed by atoms with E-state index < -0.39 is 0 Å². The number of nitrogens with two attached hydrogens (primary N) is 1. The Bertz CT molecular complexity index is 573. The van der Waals surface area contributed by atoms with Crippen LogP contribution in [0.3, 0.4) is 0 Å². The van der Waals surface area contributed by atoms with Crippen LogP contribution < -0.4 is 15.2 Å². The van der Waals surface area contributed by atoms with E-state index in [2.05, 4.69) is 19.9 Å². The van der Waals surface area contributed by atoms with E-state index in [0.29, 0.717) is 18.9 Å². The minimum atomic E-state index is 0.448. The fourth-order valence-corrected chi connectivity index (χ4v) is 2.19. The molecule has 0 aromatic heterocycles. The Morgan fingerprint density at radius 2 is 1.65 bits per heavy atom. The van der Waals surface area contributed by atoms with Gasteiger partial charge in [-0.2, -0.15) is 0 Å². The van der Waals surface area contributed by atoms with Gasteiger partial charge in [0.05, 0.1) is 6.61 Å². The highest BCUT2D eigenvalue weighted by Crippen LogP contribution is 2.24. The van der Waals surface area contributed by atoms with Gasteiger partial charge in [-0.05, 0) is 62.2 Å². The van der Waals surface area contributed by atoms with Gasteiger partial charge in [0, 0.05) is 11.3 Å². The largest absolute Gasteiger partial charge is 0.493 e. The van der Waals surface area contributed by atoms with Crippen LogP contribution in [0.15, 0.2) is 36.4 Å². The first-order valence-electron chi connectivity index (χ1n) is 6.81. The Kier molecular flexibility index (Phi) is 4.51. The minimum Gasteiger partial charge on any atom is -0.493 e. The normalized spacial score (nSPS) is 10.3. The van der Waals surface area contributed by atoms with Crippen LogP contribution >= 0.6 is 0 Å². The maximum atomic E-state index is 5.86. The van der Waals surface area contributed by atoms with Crippen molar-refractivity contribution in [3.05, 3.63) is 53.1 Å². The zero-order valence-corrected chi connectivity index (χ0v) is 12.3. The van der Waals surface area contributed by atoms with Crippen molar-refractivity contribution in [2.24, 2.45) is 0 Å². The monoisotopic (exact) mass is 271 g/mol. The molecule has 0 fully saturated rings. The van der Waals surface area contributed by atoms with E-state index in [0.717, 1.165) is 17.1 Å². The molecule has 0 saturated carbocycles. The predicted octanol–water partition coefficient (Wildman–Crippen LogP) is 3.86. The topological polar surface area (TPSA) is 44.5 Å². The molecule has 2 aromatic rings. The first kappa shape index (κ1) is 14.3. The average Bonchev–Trinajstić information content (AvgIpc) is 2.38. The van der Waals surface area contributed by atoms with Crippen LogP contribution in [0.1, 0.15) is 23.6 Å². The molecular weight excluding hydrogens is 250 g/mol. The number of nitrogen functional groups attached to an aromatic ring is 1. The highest BCUT2D eigenvalue weighted by molar-refractivity contribution is 5.48. The van der Waals surface area contributed by atoms with E-state index in [-0.39, 0.29) is 0 Å². The van der Waals surface area contributed by atoms with Crippen LogP contribution in [0.4, 0.5) is 5.69 Å². The molecule has 3 heteroatoms. The summed E-state index contributed by atoms with van der Waals surface area (Å²) in [7, 11) is 0. The summed E-state index contributed by atoms with van der Waals surface area (Å²) in [6.07, 6.45) is 0. The lowest BCUT2D eigenvalue weighted by molar-refractivity contribution is 0.286. The van der Waals surface area contributed by atoms with Crippen LogP contribution in [0, 0.1) is 13.8 Å². The summed E-state index contributed by atoms with van der Waals surface area (Å²) in [6.45, 7) is 7.16. The van der Waals surface area contributed by atoms with E-state index in [1.54, 1.807) is 0 Å². The van der Waals surface area contributed by atoms with Crippen molar-refractivity contribution in [1.29, 1.82) is 0 Å². The van der Waals surface area contributed by atoms with Crippen molar-refractivity contribution in [2.45, 2.75) is 27.4 Å². The lowest BCUT2D eigenvalue weighted by Gasteiger charge is -2.13. The van der Waals surface area contributed by atoms with Gasteiger partial charge < -0.3 is 15.2 Å². The van der Waals surface area contributed by atoms with Gasteiger partial charge in [0.25, 0.3) is 0 Å². The zero-order valence-electron chi connectivity index (χ0n) is 12.3. The number of ether oxygens (including phenoxy) is 2. The Morgan fingerprint density at radius 1 is 0.950 bits per heavy atom. The molecule has 0 aliphatic heterocycles. The molecule has 0 aliphatic rings. The standard InChI is InChI=1S/C17H21NO2/c1-4-19-17-6-5-15(18)10-14(17)11-20-16-8-12(2)7-13(3)9-16/h5-10H,4,11,18H2,1-3H3. The molecule has 2 rings (SSSR count). The van der Waals surface area contributed by atoms with Crippen LogP contribution in [-0.4, -0.2) is 6.61 Å². The summed E-state index contributed by atoms with van der Waals surface area (Å²) in [4.78, 5) is 0. The Balaban J connectivity index is 2.15. The minimum absolute atomic E-state index is 0.448. The van der Waals surface area contributed by atoms with Crippen LogP contribution in [0.2, 0.25) is 0 Å².